The molecule has 0 unspecified atom stereocenters. The molecule has 1 saturated heterocycles. The first kappa shape index (κ1) is 21.3. The molecule has 5 heteroatoms. The first-order valence-corrected chi connectivity index (χ1v) is 11.1. The fourth-order valence-corrected chi connectivity index (χ4v) is 4.37. The van der Waals surface area contributed by atoms with Crippen LogP contribution in [0.3, 0.4) is 0 Å². The summed E-state index contributed by atoms with van der Waals surface area (Å²) in [7, 11) is 4.31. The van der Waals surface area contributed by atoms with Crippen molar-refractivity contribution in [3.05, 3.63) is 65.1 Å². The van der Waals surface area contributed by atoms with Crippen molar-refractivity contribution in [2.75, 3.05) is 32.1 Å². The molecule has 1 aliphatic heterocycles. The summed E-state index contributed by atoms with van der Waals surface area (Å²) < 4.78 is 1.99. The smallest absolute Gasteiger partial charge is 0.163 e. The summed E-state index contributed by atoms with van der Waals surface area (Å²) in [5, 5.41) is 0. The standard InChI is InChI=1S/C26H32N4O/c1-6-25(31)24(21-8-10-26-27-19(3)15-30(26)16-21)14-20-7-9-22(13-18(20)2)29-12-11-23(17-29)28(4)5/h7-10,13-16,23H,6,11-12,17H2,1-5H3/b24-14-/t23-/m0/s1. The third-order valence-corrected chi connectivity index (χ3v) is 6.32. The van der Waals surface area contributed by atoms with Gasteiger partial charge in [-0.25, -0.2) is 4.98 Å². The zero-order valence-corrected chi connectivity index (χ0v) is 19.2. The van der Waals surface area contributed by atoms with Gasteiger partial charge < -0.3 is 14.2 Å². The number of anilines is 1. The molecule has 0 amide bonds. The zero-order valence-electron chi connectivity index (χ0n) is 19.2. The maximum atomic E-state index is 12.8. The second kappa shape index (κ2) is 8.67. The van der Waals surface area contributed by atoms with E-state index in [1.807, 2.05) is 48.9 Å². The molecule has 1 atom stereocenters. The zero-order chi connectivity index (χ0) is 22.1. The number of rotatable bonds is 6. The van der Waals surface area contributed by atoms with Gasteiger partial charge in [0.2, 0.25) is 0 Å². The van der Waals surface area contributed by atoms with Gasteiger partial charge in [0.1, 0.15) is 5.65 Å². The number of aromatic nitrogens is 2. The Labute approximate surface area is 185 Å². The lowest BCUT2D eigenvalue weighted by Gasteiger charge is -2.22. The number of fused-ring (bicyclic) bond motifs is 1. The van der Waals surface area contributed by atoms with Crippen LogP contribution in [0.2, 0.25) is 0 Å². The average molecular weight is 417 g/mol. The largest absolute Gasteiger partial charge is 0.370 e. The number of imidazole rings is 1. The predicted molar refractivity (Wildman–Crippen MR) is 129 cm³/mol. The van der Waals surface area contributed by atoms with E-state index < -0.39 is 0 Å². The van der Waals surface area contributed by atoms with Crippen LogP contribution >= 0.6 is 0 Å². The minimum absolute atomic E-state index is 0.146. The minimum Gasteiger partial charge on any atom is -0.370 e. The van der Waals surface area contributed by atoms with E-state index >= 15 is 0 Å². The molecule has 4 rings (SSSR count). The summed E-state index contributed by atoms with van der Waals surface area (Å²) in [5.74, 6) is 0.146. The molecular weight excluding hydrogens is 384 g/mol. The highest BCUT2D eigenvalue weighted by Gasteiger charge is 2.24. The van der Waals surface area contributed by atoms with Crippen LogP contribution in [0.1, 0.15) is 42.1 Å². The molecular formula is C26H32N4O. The van der Waals surface area contributed by atoms with Crippen molar-refractivity contribution in [2.24, 2.45) is 0 Å². The molecule has 0 aliphatic carbocycles. The molecule has 0 saturated carbocycles. The van der Waals surface area contributed by atoms with E-state index in [4.69, 9.17) is 0 Å². The molecule has 2 aromatic heterocycles. The molecule has 1 fully saturated rings. The van der Waals surface area contributed by atoms with Gasteiger partial charge in [0.25, 0.3) is 0 Å². The van der Waals surface area contributed by atoms with Crippen molar-refractivity contribution in [3.63, 3.8) is 0 Å². The van der Waals surface area contributed by atoms with Crippen LogP contribution in [0.5, 0.6) is 0 Å². The first-order chi connectivity index (χ1) is 14.9. The Hall–Kier alpha value is -2.92. The minimum atomic E-state index is 0.146. The quantitative estimate of drug-likeness (QED) is 0.550. The average Bonchev–Trinajstić information content (AvgIpc) is 3.38. The van der Waals surface area contributed by atoms with Crippen LogP contribution in [-0.4, -0.2) is 53.3 Å². The van der Waals surface area contributed by atoms with Gasteiger partial charge >= 0.3 is 0 Å². The fraction of sp³-hybridized carbons (Fsp3) is 0.385. The van der Waals surface area contributed by atoms with E-state index in [0.29, 0.717) is 12.5 Å². The van der Waals surface area contributed by atoms with Gasteiger partial charge in [0, 0.05) is 54.8 Å². The molecule has 1 aliphatic rings. The van der Waals surface area contributed by atoms with E-state index in [2.05, 4.69) is 54.0 Å². The highest BCUT2D eigenvalue weighted by Crippen LogP contribution is 2.28. The van der Waals surface area contributed by atoms with Crippen LogP contribution in [0.15, 0.2) is 42.7 Å². The van der Waals surface area contributed by atoms with Gasteiger partial charge in [-0.1, -0.05) is 13.0 Å². The Morgan fingerprint density at radius 3 is 2.68 bits per heavy atom. The van der Waals surface area contributed by atoms with Crippen molar-refractivity contribution in [1.82, 2.24) is 14.3 Å². The van der Waals surface area contributed by atoms with Gasteiger partial charge in [0.05, 0.1) is 5.69 Å². The Kier molecular flexibility index (Phi) is 5.96. The van der Waals surface area contributed by atoms with Gasteiger partial charge in [-0.3, -0.25) is 4.79 Å². The number of likely N-dealkylation sites (N-methyl/N-ethyl adjacent to an activating group) is 1. The number of pyridine rings is 1. The number of carbonyl (C=O) groups excluding carboxylic acids is 1. The Morgan fingerprint density at radius 1 is 1.19 bits per heavy atom. The normalized spacial score (nSPS) is 17.2. The van der Waals surface area contributed by atoms with Crippen LogP contribution in [0.25, 0.3) is 17.3 Å². The van der Waals surface area contributed by atoms with Crippen molar-refractivity contribution >= 4 is 28.8 Å². The van der Waals surface area contributed by atoms with Crippen LogP contribution in [-0.2, 0) is 4.79 Å². The summed E-state index contributed by atoms with van der Waals surface area (Å²) in [6.07, 6.45) is 7.71. The summed E-state index contributed by atoms with van der Waals surface area (Å²) in [5.41, 5.74) is 7.07. The van der Waals surface area contributed by atoms with Gasteiger partial charge in [-0.2, -0.15) is 0 Å². The second-order valence-electron chi connectivity index (χ2n) is 8.79. The monoisotopic (exact) mass is 416 g/mol. The molecule has 0 bridgehead atoms. The number of allylic oxidation sites excluding steroid dienone is 1. The number of Topliss-reactive ketones (excluding diaryl/α,β-unsaturated/α-hetero) is 1. The number of aryl methyl sites for hydroxylation is 2. The van der Waals surface area contributed by atoms with Crippen molar-refractivity contribution in [1.29, 1.82) is 0 Å². The molecule has 162 valence electrons. The fourth-order valence-electron chi connectivity index (χ4n) is 4.37. The molecule has 0 N–H and O–H groups in total. The number of hydrogen-bond acceptors (Lipinski definition) is 4. The van der Waals surface area contributed by atoms with E-state index in [1.54, 1.807) is 0 Å². The lowest BCUT2D eigenvalue weighted by atomic mass is 9.97. The van der Waals surface area contributed by atoms with E-state index in [9.17, 15) is 4.79 Å². The topological polar surface area (TPSA) is 40.9 Å². The summed E-state index contributed by atoms with van der Waals surface area (Å²) in [6.45, 7) is 8.17. The molecule has 31 heavy (non-hydrogen) atoms. The molecule has 3 heterocycles. The predicted octanol–water partition coefficient (Wildman–Crippen LogP) is 4.61. The SMILES string of the molecule is CCC(=O)/C(=C\c1ccc(N2CC[C@H](N(C)C)C2)cc1C)c1ccc2nc(C)cn2c1. The van der Waals surface area contributed by atoms with Gasteiger partial charge in [-0.15, -0.1) is 0 Å². The van der Waals surface area contributed by atoms with Crippen LogP contribution in [0, 0.1) is 13.8 Å². The number of carbonyl (C=O) groups is 1. The molecule has 1 aromatic carbocycles. The van der Waals surface area contributed by atoms with Gasteiger partial charge in [-0.05, 0) is 75.8 Å². The van der Waals surface area contributed by atoms with Crippen molar-refractivity contribution < 1.29 is 4.79 Å². The highest BCUT2D eigenvalue weighted by atomic mass is 16.1. The molecule has 5 nitrogen and oxygen atoms in total. The molecule has 3 aromatic rings. The van der Waals surface area contributed by atoms with Crippen molar-refractivity contribution in [3.8, 4) is 0 Å². The maximum absolute atomic E-state index is 12.8. The number of benzene rings is 1. The van der Waals surface area contributed by atoms with Crippen LogP contribution < -0.4 is 4.90 Å². The first-order valence-electron chi connectivity index (χ1n) is 11.1. The van der Waals surface area contributed by atoms with E-state index in [0.717, 1.165) is 41.1 Å². The molecule has 0 radical (unpaired) electrons. The lowest BCUT2D eigenvalue weighted by molar-refractivity contribution is -0.113. The number of ketones is 1. The Bertz CT molecular complexity index is 1140. The van der Waals surface area contributed by atoms with Crippen molar-refractivity contribution in [2.45, 2.75) is 39.7 Å². The van der Waals surface area contributed by atoms with E-state index in [1.165, 1.54) is 17.7 Å². The Morgan fingerprint density at radius 2 is 2.00 bits per heavy atom. The van der Waals surface area contributed by atoms with Gasteiger partial charge in [0.15, 0.2) is 5.78 Å². The van der Waals surface area contributed by atoms with E-state index in [-0.39, 0.29) is 5.78 Å². The third-order valence-electron chi connectivity index (χ3n) is 6.32. The maximum Gasteiger partial charge on any atom is 0.163 e. The third kappa shape index (κ3) is 4.42. The molecule has 0 spiro atoms. The lowest BCUT2D eigenvalue weighted by Crippen LogP contribution is -2.31. The summed E-state index contributed by atoms with van der Waals surface area (Å²) in [6, 6.07) is 11.2. The second-order valence-corrected chi connectivity index (χ2v) is 8.79. The Balaban J connectivity index is 1.66. The van der Waals surface area contributed by atoms with Crippen LogP contribution in [0.4, 0.5) is 5.69 Å². The summed E-state index contributed by atoms with van der Waals surface area (Å²) in [4.78, 5) is 22.1. The highest BCUT2D eigenvalue weighted by molar-refractivity contribution is 6.25. The number of hydrogen-bond donors (Lipinski definition) is 0. The summed E-state index contributed by atoms with van der Waals surface area (Å²) >= 11 is 0. The number of nitrogens with zero attached hydrogens (tertiary/aromatic N) is 4.